The normalized spacial score (nSPS) is 13.3. The van der Waals surface area contributed by atoms with Crippen molar-refractivity contribution in [1.82, 2.24) is 4.57 Å². The zero-order chi connectivity index (χ0) is 33.9. The molecule has 0 saturated heterocycles. The van der Waals surface area contributed by atoms with Gasteiger partial charge in [0.25, 0.3) is 0 Å². The maximum Gasteiger partial charge on any atom is 0.145 e. The first-order valence-electron chi connectivity index (χ1n) is 18.1. The summed E-state index contributed by atoms with van der Waals surface area (Å²) in [7, 11) is 0. The maximum absolute atomic E-state index is 6.62. The van der Waals surface area contributed by atoms with E-state index in [9.17, 15) is 0 Å². The Labute approximate surface area is 299 Å². The zero-order valence-corrected chi connectivity index (χ0v) is 28.2. The second kappa shape index (κ2) is 10.4. The van der Waals surface area contributed by atoms with Crippen LogP contribution >= 0.6 is 0 Å². The molecule has 1 aliphatic carbocycles. The SMILES string of the molecule is c1ccc(C2=Nc3c(cccc3-c3cccc4c3-c3ccc5cccc(-n6c7ccccc7c7c8oc9ccccc9c8ccc76)c5c3C4)C2)cc1. The van der Waals surface area contributed by atoms with Gasteiger partial charge in [-0.3, -0.25) is 4.99 Å². The molecule has 0 fully saturated rings. The largest absolute Gasteiger partial charge is 0.455 e. The Hall–Kier alpha value is -6.71. The predicted molar refractivity (Wildman–Crippen MR) is 216 cm³/mol. The van der Waals surface area contributed by atoms with E-state index in [1.165, 1.54) is 71.9 Å². The fraction of sp³-hybridized carbons (Fsp3) is 0.0408. The third-order valence-electron chi connectivity index (χ3n) is 11.5. The molecule has 52 heavy (non-hydrogen) atoms. The second-order valence-electron chi connectivity index (χ2n) is 14.2. The van der Waals surface area contributed by atoms with Crippen molar-refractivity contribution in [2.24, 2.45) is 4.99 Å². The number of rotatable bonds is 3. The monoisotopic (exact) mass is 662 g/mol. The minimum absolute atomic E-state index is 0.853. The number of hydrogen-bond acceptors (Lipinski definition) is 2. The average molecular weight is 663 g/mol. The lowest BCUT2D eigenvalue weighted by atomic mass is 9.91. The average Bonchev–Trinajstić information content (AvgIpc) is 3.98. The highest BCUT2D eigenvalue weighted by Gasteiger charge is 2.28. The van der Waals surface area contributed by atoms with Gasteiger partial charge in [0.2, 0.25) is 0 Å². The van der Waals surface area contributed by atoms with Gasteiger partial charge >= 0.3 is 0 Å². The smallest absolute Gasteiger partial charge is 0.145 e. The molecular formula is C49H30N2O. The van der Waals surface area contributed by atoms with Crippen molar-refractivity contribution < 1.29 is 4.42 Å². The summed E-state index contributed by atoms with van der Waals surface area (Å²) < 4.78 is 9.09. The van der Waals surface area contributed by atoms with Crippen LogP contribution in [-0.4, -0.2) is 10.3 Å². The van der Waals surface area contributed by atoms with Crippen LogP contribution in [0.3, 0.4) is 0 Å². The van der Waals surface area contributed by atoms with E-state index in [1.54, 1.807) is 0 Å². The van der Waals surface area contributed by atoms with Crippen molar-refractivity contribution in [3.8, 4) is 27.9 Å². The lowest BCUT2D eigenvalue weighted by Gasteiger charge is -2.16. The molecule has 10 aromatic rings. The third-order valence-corrected chi connectivity index (χ3v) is 11.5. The van der Waals surface area contributed by atoms with E-state index in [-0.39, 0.29) is 0 Å². The first-order chi connectivity index (χ1) is 25.8. The molecule has 3 heteroatoms. The molecule has 0 saturated carbocycles. The molecule has 0 bridgehead atoms. The second-order valence-corrected chi connectivity index (χ2v) is 14.2. The summed E-state index contributed by atoms with van der Waals surface area (Å²) in [6.45, 7) is 0. The molecule has 0 radical (unpaired) electrons. The van der Waals surface area contributed by atoms with Gasteiger partial charge in [0.1, 0.15) is 11.2 Å². The van der Waals surface area contributed by atoms with Crippen molar-refractivity contribution in [2.45, 2.75) is 12.8 Å². The van der Waals surface area contributed by atoms with Crippen LogP contribution in [0, 0.1) is 0 Å². The van der Waals surface area contributed by atoms with Crippen molar-refractivity contribution in [1.29, 1.82) is 0 Å². The standard InChI is InChI=1S/C49H30N2O/c1-2-11-29(12-3-1)40-28-32-15-9-19-36(48(32)50-40)34-18-8-14-31-27-39-35(45(31)34)24-23-30-13-10-21-42(46(30)39)51-41-20-6-4-17-38(41)47-43(51)26-25-37-33-16-5-7-22-44(33)52-49(37)47/h1-26H,27-28H2. The third kappa shape index (κ3) is 3.77. The summed E-state index contributed by atoms with van der Waals surface area (Å²) in [5.41, 5.74) is 18.0. The number of nitrogens with zero attached hydrogens (tertiary/aromatic N) is 2. The number of para-hydroxylation sites is 3. The van der Waals surface area contributed by atoms with Crippen LogP contribution in [0.4, 0.5) is 5.69 Å². The maximum atomic E-state index is 6.62. The van der Waals surface area contributed by atoms with Gasteiger partial charge < -0.3 is 8.98 Å². The van der Waals surface area contributed by atoms with Crippen LogP contribution in [0.2, 0.25) is 0 Å². The molecule has 2 aliphatic rings. The first kappa shape index (κ1) is 28.0. The molecule has 0 unspecified atom stereocenters. The quantitative estimate of drug-likeness (QED) is 0.185. The molecule has 3 nitrogen and oxygen atoms in total. The predicted octanol–water partition coefficient (Wildman–Crippen LogP) is 12.8. The number of furan rings is 1. The lowest BCUT2D eigenvalue weighted by Crippen LogP contribution is -1.99. The molecule has 2 aromatic heterocycles. The highest BCUT2D eigenvalue weighted by atomic mass is 16.3. The Balaban J connectivity index is 1.10. The Morgan fingerprint density at radius 2 is 1.29 bits per heavy atom. The molecule has 12 rings (SSSR count). The Morgan fingerprint density at radius 1 is 0.500 bits per heavy atom. The zero-order valence-electron chi connectivity index (χ0n) is 28.2. The topological polar surface area (TPSA) is 30.4 Å². The van der Waals surface area contributed by atoms with Crippen molar-refractivity contribution in [3.05, 3.63) is 180 Å². The summed E-state index contributed by atoms with van der Waals surface area (Å²) >= 11 is 0. The summed E-state index contributed by atoms with van der Waals surface area (Å²) in [6.07, 6.45) is 1.73. The van der Waals surface area contributed by atoms with E-state index in [0.717, 1.165) is 57.1 Å². The van der Waals surface area contributed by atoms with E-state index in [4.69, 9.17) is 9.41 Å². The van der Waals surface area contributed by atoms with Gasteiger partial charge in [-0.15, -0.1) is 0 Å². The molecule has 1 aliphatic heterocycles. The fourth-order valence-corrected chi connectivity index (χ4v) is 9.25. The van der Waals surface area contributed by atoms with E-state index in [0.29, 0.717) is 0 Å². The van der Waals surface area contributed by atoms with Gasteiger partial charge in [0.05, 0.1) is 33.5 Å². The van der Waals surface area contributed by atoms with Crippen molar-refractivity contribution in [3.63, 3.8) is 0 Å². The van der Waals surface area contributed by atoms with E-state index in [2.05, 4.69) is 156 Å². The van der Waals surface area contributed by atoms with Crippen LogP contribution in [0.25, 0.3) is 82.5 Å². The lowest BCUT2D eigenvalue weighted by molar-refractivity contribution is 0.673. The van der Waals surface area contributed by atoms with Gasteiger partial charge in [0.15, 0.2) is 0 Å². The van der Waals surface area contributed by atoms with Crippen molar-refractivity contribution in [2.75, 3.05) is 0 Å². The number of aromatic nitrogens is 1. The summed E-state index contributed by atoms with van der Waals surface area (Å²) in [4.78, 5) is 5.28. The number of aliphatic imine (C=N–C) groups is 1. The van der Waals surface area contributed by atoms with E-state index >= 15 is 0 Å². The number of hydrogen-bond donors (Lipinski definition) is 0. The Kier molecular flexibility index (Phi) is 5.61. The summed E-state index contributed by atoms with van der Waals surface area (Å²) in [5.74, 6) is 0. The van der Waals surface area contributed by atoms with E-state index < -0.39 is 0 Å². The van der Waals surface area contributed by atoms with Gasteiger partial charge in [0, 0.05) is 33.5 Å². The number of fused-ring (bicyclic) bond motifs is 13. The first-order valence-corrected chi connectivity index (χ1v) is 18.1. The molecule has 0 atom stereocenters. The molecule has 0 spiro atoms. The molecule has 242 valence electrons. The fourth-order valence-electron chi connectivity index (χ4n) is 9.25. The highest BCUT2D eigenvalue weighted by molar-refractivity contribution is 6.24. The highest BCUT2D eigenvalue weighted by Crippen LogP contribution is 2.50. The van der Waals surface area contributed by atoms with Gasteiger partial charge in [-0.05, 0) is 81.1 Å². The molecule has 8 aromatic carbocycles. The van der Waals surface area contributed by atoms with Crippen LogP contribution in [-0.2, 0) is 12.8 Å². The van der Waals surface area contributed by atoms with E-state index in [1.807, 2.05) is 6.07 Å². The minimum atomic E-state index is 0.853. The van der Waals surface area contributed by atoms with Crippen molar-refractivity contribution >= 4 is 65.9 Å². The van der Waals surface area contributed by atoms with Crippen LogP contribution < -0.4 is 0 Å². The Morgan fingerprint density at radius 3 is 2.21 bits per heavy atom. The van der Waals surface area contributed by atoms with Crippen LogP contribution in [0.1, 0.15) is 22.3 Å². The Bertz CT molecular complexity index is 3180. The summed E-state index contributed by atoms with van der Waals surface area (Å²) in [5, 5.41) is 7.22. The molecule has 3 heterocycles. The van der Waals surface area contributed by atoms with Gasteiger partial charge in [-0.25, -0.2) is 0 Å². The van der Waals surface area contributed by atoms with Crippen LogP contribution in [0.5, 0.6) is 0 Å². The minimum Gasteiger partial charge on any atom is -0.455 e. The van der Waals surface area contributed by atoms with Gasteiger partial charge in [-0.2, -0.15) is 0 Å². The molecular weight excluding hydrogens is 633 g/mol. The molecule has 0 amide bonds. The molecule has 0 N–H and O–H groups in total. The summed E-state index contributed by atoms with van der Waals surface area (Å²) in [6, 6.07) is 57.2. The van der Waals surface area contributed by atoms with Crippen LogP contribution in [0.15, 0.2) is 167 Å². The number of benzene rings is 8. The van der Waals surface area contributed by atoms with Gasteiger partial charge in [-0.1, -0.05) is 127 Å².